The lowest BCUT2D eigenvalue weighted by atomic mass is 10.1. The second-order valence-electron chi connectivity index (χ2n) is 6.27. The number of amides is 1. The molecule has 0 fully saturated rings. The van der Waals surface area contributed by atoms with Gasteiger partial charge in [0.2, 0.25) is 0 Å². The molecule has 1 amide bonds. The van der Waals surface area contributed by atoms with Gasteiger partial charge in [-0.05, 0) is 42.3 Å². The molecule has 1 heterocycles. The van der Waals surface area contributed by atoms with Crippen molar-refractivity contribution < 1.29 is 15.0 Å². The number of nitrogens with zero attached hydrogens (tertiary/aromatic N) is 3. The zero-order chi connectivity index (χ0) is 20.1. The van der Waals surface area contributed by atoms with E-state index in [1.165, 1.54) is 15.6 Å². The molecule has 2 aromatic carbocycles. The van der Waals surface area contributed by atoms with Gasteiger partial charge >= 0.3 is 6.09 Å². The van der Waals surface area contributed by atoms with E-state index in [2.05, 4.69) is 5.10 Å². The predicted octanol–water partition coefficient (Wildman–Crippen LogP) is 2.96. The number of carboxylic acid groups (broad SMARTS) is 1. The Morgan fingerprint density at radius 1 is 1.07 bits per heavy atom. The molecule has 0 saturated heterocycles. The highest BCUT2D eigenvalue weighted by molar-refractivity contribution is 5.85. The van der Waals surface area contributed by atoms with Gasteiger partial charge < -0.3 is 10.2 Å². The summed E-state index contributed by atoms with van der Waals surface area (Å²) in [5.74, 6) is 0. The van der Waals surface area contributed by atoms with E-state index in [4.69, 9.17) is 0 Å². The lowest BCUT2D eigenvalue weighted by Gasteiger charge is -2.18. The Morgan fingerprint density at radius 3 is 2.54 bits per heavy atom. The van der Waals surface area contributed by atoms with Crippen LogP contribution in [-0.2, 0) is 13.2 Å². The molecule has 0 aliphatic carbocycles. The third-order valence-corrected chi connectivity index (χ3v) is 4.37. The zero-order valence-corrected chi connectivity index (χ0v) is 15.4. The molecule has 28 heavy (non-hydrogen) atoms. The lowest BCUT2D eigenvalue weighted by Crippen LogP contribution is -2.29. The van der Waals surface area contributed by atoms with Gasteiger partial charge in [0.1, 0.15) is 0 Å². The van der Waals surface area contributed by atoms with Crippen molar-refractivity contribution >= 4 is 11.8 Å². The highest BCUT2D eigenvalue weighted by atomic mass is 16.4. The van der Waals surface area contributed by atoms with Crippen LogP contribution in [0.3, 0.4) is 0 Å². The first-order valence-corrected chi connectivity index (χ1v) is 8.89. The third-order valence-electron chi connectivity index (χ3n) is 4.37. The summed E-state index contributed by atoms with van der Waals surface area (Å²) in [7, 11) is 0. The minimum absolute atomic E-state index is 0.0716. The maximum atomic E-state index is 12.3. The van der Waals surface area contributed by atoms with Gasteiger partial charge in [0.15, 0.2) is 0 Å². The Balaban J connectivity index is 1.93. The fraction of sp³-hybridized carbons (Fsp3) is 0.190. The van der Waals surface area contributed by atoms with Crippen LogP contribution in [0.5, 0.6) is 0 Å². The fourth-order valence-electron chi connectivity index (χ4n) is 2.97. The summed E-state index contributed by atoms with van der Waals surface area (Å²) in [6, 6.07) is 17.5. The van der Waals surface area contributed by atoms with Gasteiger partial charge in [0.25, 0.3) is 5.56 Å². The summed E-state index contributed by atoms with van der Waals surface area (Å²) in [6.45, 7) is 2.24. The SMILES string of the molecule is CCN(C(=O)O)c1cccc(Cn2nc(-c3cccc(CO)c3)ccc2=O)c1. The van der Waals surface area contributed by atoms with Crippen LogP contribution in [0.15, 0.2) is 65.5 Å². The number of anilines is 1. The van der Waals surface area contributed by atoms with Crippen LogP contribution in [0.2, 0.25) is 0 Å². The van der Waals surface area contributed by atoms with Gasteiger partial charge in [0.05, 0.1) is 18.8 Å². The smallest absolute Gasteiger partial charge is 0.411 e. The number of aliphatic hydroxyl groups is 1. The minimum atomic E-state index is -1.03. The van der Waals surface area contributed by atoms with Crippen molar-refractivity contribution in [3.63, 3.8) is 0 Å². The molecular formula is C21H21N3O4. The van der Waals surface area contributed by atoms with Gasteiger partial charge in [-0.25, -0.2) is 9.48 Å². The number of hydrogen-bond acceptors (Lipinski definition) is 4. The molecule has 144 valence electrons. The first-order valence-electron chi connectivity index (χ1n) is 8.89. The fourth-order valence-corrected chi connectivity index (χ4v) is 2.97. The Bertz CT molecular complexity index is 1050. The number of aromatic nitrogens is 2. The molecule has 1 aromatic heterocycles. The van der Waals surface area contributed by atoms with E-state index in [0.29, 0.717) is 17.9 Å². The van der Waals surface area contributed by atoms with Gasteiger partial charge in [-0.15, -0.1) is 0 Å². The summed E-state index contributed by atoms with van der Waals surface area (Å²) < 4.78 is 1.34. The molecule has 2 N–H and O–H groups in total. The van der Waals surface area contributed by atoms with Crippen LogP contribution in [0.1, 0.15) is 18.1 Å². The molecule has 0 bridgehead atoms. The highest BCUT2D eigenvalue weighted by Gasteiger charge is 2.12. The topological polar surface area (TPSA) is 95.7 Å². The van der Waals surface area contributed by atoms with E-state index in [-0.39, 0.29) is 18.7 Å². The van der Waals surface area contributed by atoms with Crippen molar-refractivity contribution in [3.05, 3.63) is 82.1 Å². The average Bonchev–Trinajstić information content (AvgIpc) is 2.70. The van der Waals surface area contributed by atoms with Crippen LogP contribution in [0, 0.1) is 0 Å². The summed E-state index contributed by atoms with van der Waals surface area (Å²) in [5, 5.41) is 23.0. The normalized spacial score (nSPS) is 10.6. The number of aliphatic hydroxyl groups excluding tert-OH is 1. The molecule has 3 rings (SSSR count). The van der Waals surface area contributed by atoms with E-state index < -0.39 is 6.09 Å². The largest absolute Gasteiger partial charge is 0.465 e. The van der Waals surface area contributed by atoms with Crippen LogP contribution in [-0.4, -0.2) is 32.6 Å². The molecule has 0 aliphatic rings. The standard InChI is InChI=1S/C21H21N3O4/c1-2-23(21(27)28)18-8-4-5-15(12-18)13-24-20(26)10-9-19(22-24)17-7-3-6-16(11-17)14-25/h3-12,25H,2,13-14H2,1H3,(H,27,28). The maximum Gasteiger partial charge on any atom is 0.411 e. The van der Waals surface area contributed by atoms with Crippen LogP contribution in [0.4, 0.5) is 10.5 Å². The average molecular weight is 379 g/mol. The van der Waals surface area contributed by atoms with Crippen molar-refractivity contribution in [1.29, 1.82) is 0 Å². The molecular weight excluding hydrogens is 358 g/mol. The molecule has 3 aromatic rings. The Morgan fingerprint density at radius 2 is 1.82 bits per heavy atom. The highest BCUT2D eigenvalue weighted by Crippen LogP contribution is 2.19. The minimum Gasteiger partial charge on any atom is -0.465 e. The molecule has 0 spiro atoms. The molecule has 0 unspecified atom stereocenters. The number of hydrogen-bond donors (Lipinski definition) is 2. The van der Waals surface area contributed by atoms with Gasteiger partial charge in [-0.1, -0.05) is 30.3 Å². The Labute approximate surface area is 162 Å². The molecule has 7 heteroatoms. The van der Waals surface area contributed by atoms with Gasteiger partial charge in [-0.2, -0.15) is 5.10 Å². The summed E-state index contributed by atoms with van der Waals surface area (Å²) in [4.78, 5) is 24.9. The van der Waals surface area contributed by atoms with E-state index in [9.17, 15) is 19.8 Å². The summed E-state index contributed by atoms with van der Waals surface area (Å²) in [5.41, 5.74) is 3.25. The Hall–Kier alpha value is -3.45. The predicted molar refractivity (Wildman–Crippen MR) is 106 cm³/mol. The molecule has 0 radical (unpaired) electrons. The van der Waals surface area contributed by atoms with Crippen molar-refractivity contribution in [1.82, 2.24) is 9.78 Å². The molecule has 0 saturated carbocycles. The second kappa shape index (κ2) is 8.49. The third kappa shape index (κ3) is 4.27. The van der Waals surface area contributed by atoms with Crippen LogP contribution in [0.25, 0.3) is 11.3 Å². The van der Waals surface area contributed by atoms with Crippen molar-refractivity contribution in [2.24, 2.45) is 0 Å². The van der Waals surface area contributed by atoms with E-state index in [1.807, 2.05) is 30.3 Å². The summed E-state index contributed by atoms with van der Waals surface area (Å²) in [6.07, 6.45) is -1.03. The number of benzene rings is 2. The molecule has 0 aliphatic heterocycles. The Kier molecular flexibility index (Phi) is 5.86. The van der Waals surface area contributed by atoms with Crippen LogP contribution >= 0.6 is 0 Å². The lowest BCUT2D eigenvalue weighted by molar-refractivity contribution is 0.202. The number of rotatable bonds is 6. The number of carbonyl (C=O) groups is 1. The first-order chi connectivity index (χ1) is 13.5. The summed E-state index contributed by atoms with van der Waals surface area (Å²) >= 11 is 0. The van der Waals surface area contributed by atoms with Crippen molar-refractivity contribution in [3.8, 4) is 11.3 Å². The molecule has 0 atom stereocenters. The van der Waals surface area contributed by atoms with Crippen molar-refractivity contribution in [2.75, 3.05) is 11.4 Å². The van der Waals surface area contributed by atoms with E-state index in [1.54, 1.807) is 31.2 Å². The first kappa shape index (κ1) is 19.3. The van der Waals surface area contributed by atoms with E-state index >= 15 is 0 Å². The monoisotopic (exact) mass is 379 g/mol. The quantitative estimate of drug-likeness (QED) is 0.686. The van der Waals surface area contributed by atoms with Gasteiger partial charge in [-0.3, -0.25) is 9.69 Å². The maximum absolute atomic E-state index is 12.3. The van der Waals surface area contributed by atoms with Crippen molar-refractivity contribution in [2.45, 2.75) is 20.1 Å². The zero-order valence-electron chi connectivity index (χ0n) is 15.4. The second-order valence-corrected chi connectivity index (χ2v) is 6.27. The van der Waals surface area contributed by atoms with E-state index in [0.717, 1.165) is 16.7 Å². The van der Waals surface area contributed by atoms with Gasteiger partial charge in [0, 0.05) is 23.9 Å². The van der Waals surface area contributed by atoms with Crippen LogP contribution < -0.4 is 10.5 Å². The molecule has 7 nitrogen and oxygen atoms in total.